The molecule has 122 valence electrons. The lowest BCUT2D eigenvalue weighted by Gasteiger charge is -2.32. The Balaban J connectivity index is 4.34. The molecule has 2 N–H and O–H groups in total. The zero-order valence-corrected chi connectivity index (χ0v) is 15.7. The summed E-state index contributed by atoms with van der Waals surface area (Å²) in [5.74, 6) is 0. The largest absolute Gasteiger partial charge is 0.330 e. The van der Waals surface area contributed by atoms with Crippen LogP contribution in [0, 0.1) is 0 Å². The van der Waals surface area contributed by atoms with E-state index in [1.54, 1.807) is 24.2 Å². The Bertz CT molecular complexity index is 172. The zero-order valence-electron chi connectivity index (χ0n) is 14.7. The van der Waals surface area contributed by atoms with Crippen molar-refractivity contribution in [3.63, 3.8) is 0 Å². The van der Waals surface area contributed by atoms with E-state index in [9.17, 15) is 0 Å². The van der Waals surface area contributed by atoms with Crippen LogP contribution in [0.1, 0.15) is 85.0 Å². The summed E-state index contributed by atoms with van der Waals surface area (Å²) in [6, 6.07) is 6.44. The second-order valence-electron chi connectivity index (χ2n) is 6.76. The van der Waals surface area contributed by atoms with Crippen LogP contribution in [0.5, 0.6) is 0 Å². The molecule has 0 aromatic rings. The van der Waals surface area contributed by atoms with Crippen LogP contribution in [0.4, 0.5) is 0 Å². The first-order chi connectivity index (χ1) is 9.74. The normalized spacial score (nSPS) is 12.0. The number of rotatable bonds is 15. The lowest BCUT2D eigenvalue weighted by atomic mass is 10.2. The molecule has 0 unspecified atom stereocenters. The molecule has 0 aromatic heterocycles. The lowest BCUT2D eigenvalue weighted by molar-refractivity contribution is 0.662. The first-order valence-electron chi connectivity index (χ1n) is 9.44. The van der Waals surface area contributed by atoms with Crippen molar-refractivity contribution >= 4 is 8.07 Å². The average Bonchev–Trinajstić information content (AvgIpc) is 2.48. The quantitative estimate of drug-likeness (QED) is 0.276. The van der Waals surface area contributed by atoms with E-state index in [-0.39, 0.29) is 0 Å². The van der Waals surface area contributed by atoms with Gasteiger partial charge >= 0.3 is 0 Å². The van der Waals surface area contributed by atoms with Gasteiger partial charge in [0.2, 0.25) is 0 Å². The van der Waals surface area contributed by atoms with Crippen LogP contribution >= 0.6 is 0 Å². The maximum atomic E-state index is 5.60. The van der Waals surface area contributed by atoms with E-state index < -0.39 is 8.07 Å². The second kappa shape index (κ2) is 14.1. The molecule has 20 heavy (non-hydrogen) atoms. The Kier molecular flexibility index (Phi) is 14.3. The van der Waals surface area contributed by atoms with Crippen molar-refractivity contribution in [2.24, 2.45) is 5.73 Å². The van der Waals surface area contributed by atoms with Gasteiger partial charge in [-0.2, -0.15) is 0 Å². The minimum atomic E-state index is -0.950. The number of hydrogen-bond donors (Lipinski definition) is 1. The monoisotopic (exact) mass is 299 g/mol. The standard InChI is InChI=1S/C18H41NSi/c1-4-7-15-20(16-8-5-2,17-9-6-3)18-13-11-10-12-14-19/h4-19H2,1-3H3. The summed E-state index contributed by atoms with van der Waals surface area (Å²) in [7, 11) is -0.950. The average molecular weight is 300 g/mol. The van der Waals surface area contributed by atoms with E-state index in [2.05, 4.69) is 20.8 Å². The first kappa shape index (κ1) is 20.2. The number of hydrogen-bond acceptors (Lipinski definition) is 1. The van der Waals surface area contributed by atoms with E-state index >= 15 is 0 Å². The Morgan fingerprint density at radius 2 is 0.950 bits per heavy atom. The molecular formula is C18H41NSi. The van der Waals surface area contributed by atoms with Gasteiger partial charge in [-0.15, -0.1) is 0 Å². The van der Waals surface area contributed by atoms with E-state index in [0.29, 0.717) is 0 Å². The van der Waals surface area contributed by atoms with E-state index in [4.69, 9.17) is 5.73 Å². The predicted octanol–water partition coefficient (Wildman–Crippen LogP) is 6.35. The molecule has 0 bridgehead atoms. The molecule has 0 saturated heterocycles. The van der Waals surface area contributed by atoms with E-state index in [1.165, 1.54) is 64.2 Å². The van der Waals surface area contributed by atoms with Crippen LogP contribution < -0.4 is 5.73 Å². The van der Waals surface area contributed by atoms with Crippen molar-refractivity contribution in [2.75, 3.05) is 6.54 Å². The topological polar surface area (TPSA) is 26.0 Å². The van der Waals surface area contributed by atoms with Crippen LogP contribution in [-0.2, 0) is 0 Å². The maximum absolute atomic E-state index is 5.60. The molecule has 0 amide bonds. The zero-order chi connectivity index (χ0) is 15.1. The summed E-state index contributed by atoms with van der Waals surface area (Å²) in [6.07, 6.45) is 14.1. The fraction of sp³-hybridized carbons (Fsp3) is 1.00. The summed E-state index contributed by atoms with van der Waals surface area (Å²) in [5, 5.41) is 0. The smallest absolute Gasteiger partial charge is 0.0535 e. The highest BCUT2D eigenvalue weighted by molar-refractivity contribution is 6.79. The summed E-state index contributed by atoms with van der Waals surface area (Å²) >= 11 is 0. The van der Waals surface area contributed by atoms with Crippen LogP contribution in [-0.4, -0.2) is 14.6 Å². The third-order valence-electron chi connectivity index (χ3n) is 4.84. The van der Waals surface area contributed by atoms with Gasteiger partial charge in [0.15, 0.2) is 0 Å². The molecule has 0 aliphatic carbocycles. The highest BCUT2D eigenvalue weighted by atomic mass is 28.3. The van der Waals surface area contributed by atoms with Gasteiger partial charge in [-0.25, -0.2) is 0 Å². The summed E-state index contributed by atoms with van der Waals surface area (Å²) in [6.45, 7) is 7.96. The van der Waals surface area contributed by atoms with Crippen molar-refractivity contribution in [3.05, 3.63) is 0 Å². The molecule has 0 radical (unpaired) electrons. The molecule has 0 aromatic carbocycles. The van der Waals surface area contributed by atoms with Gasteiger partial charge in [-0.05, 0) is 13.0 Å². The molecule has 0 saturated carbocycles. The Hall–Kier alpha value is 0.177. The first-order valence-corrected chi connectivity index (χ1v) is 12.3. The number of unbranched alkanes of at least 4 members (excludes halogenated alkanes) is 6. The third-order valence-corrected chi connectivity index (χ3v) is 10.5. The maximum Gasteiger partial charge on any atom is 0.0535 e. The van der Waals surface area contributed by atoms with Crippen molar-refractivity contribution in [1.82, 2.24) is 0 Å². The van der Waals surface area contributed by atoms with Crippen LogP contribution in [0.3, 0.4) is 0 Å². The number of nitrogens with two attached hydrogens (primary N) is 1. The SMILES string of the molecule is CCCC[Si](CCCC)(CCCC)CCCCCCN. The Morgan fingerprint density at radius 1 is 0.550 bits per heavy atom. The predicted molar refractivity (Wildman–Crippen MR) is 97.2 cm³/mol. The minimum absolute atomic E-state index is 0.879. The van der Waals surface area contributed by atoms with Gasteiger partial charge in [0.1, 0.15) is 0 Å². The summed E-state index contributed by atoms with van der Waals surface area (Å²) in [5.41, 5.74) is 5.60. The summed E-state index contributed by atoms with van der Waals surface area (Å²) in [4.78, 5) is 0. The van der Waals surface area contributed by atoms with Gasteiger partial charge in [-0.3, -0.25) is 0 Å². The molecule has 0 aliphatic rings. The van der Waals surface area contributed by atoms with Gasteiger partial charge < -0.3 is 5.73 Å². The van der Waals surface area contributed by atoms with Crippen molar-refractivity contribution in [1.29, 1.82) is 0 Å². The second-order valence-corrected chi connectivity index (χ2v) is 11.8. The minimum Gasteiger partial charge on any atom is -0.330 e. The molecule has 0 heterocycles. The van der Waals surface area contributed by atoms with Crippen LogP contribution in [0.15, 0.2) is 0 Å². The molecule has 0 spiro atoms. The van der Waals surface area contributed by atoms with Crippen molar-refractivity contribution < 1.29 is 0 Å². The van der Waals surface area contributed by atoms with Gasteiger partial charge in [-0.1, -0.05) is 103 Å². The van der Waals surface area contributed by atoms with Gasteiger partial charge in [0.05, 0.1) is 8.07 Å². The van der Waals surface area contributed by atoms with Crippen molar-refractivity contribution in [3.8, 4) is 0 Å². The van der Waals surface area contributed by atoms with E-state index in [0.717, 1.165) is 6.54 Å². The van der Waals surface area contributed by atoms with Crippen LogP contribution in [0.2, 0.25) is 24.2 Å². The van der Waals surface area contributed by atoms with Gasteiger partial charge in [0.25, 0.3) is 0 Å². The van der Waals surface area contributed by atoms with E-state index in [1.807, 2.05) is 0 Å². The molecule has 1 nitrogen and oxygen atoms in total. The van der Waals surface area contributed by atoms with Crippen molar-refractivity contribution in [2.45, 2.75) is 109 Å². The highest BCUT2D eigenvalue weighted by Gasteiger charge is 2.29. The molecule has 0 rings (SSSR count). The van der Waals surface area contributed by atoms with Crippen LogP contribution in [0.25, 0.3) is 0 Å². The van der Waals surface area contributed by atoms with Gasteiger partial charge in [0, 0.05) is 0 Å². The molecule has 0 atom stereocenters. The molecule has 2 heteroatoms. The fourth-order valence-corrected chi connectivity index (χ4v) is 9.21. The molecular weight excluding hydrogens is 258 g/mol. The molecule has 0 fully saturated rings. The lowest BCUT2D eigenvalue weighted by Crippen LogP contribution is -2.33. The molecule has 0 aliphatic heterocycles. The fourth-order valence-electron chi connectivity index (χ4n) is 3.40. The highest BCUT2D eigenvalue weighted by Crippen LogP contribution is 2.33. The summed E-state index contributed by atoms with van der Waals surface area (Å²) < 4.78 is 0. The Labute approximate surface area is 130 Å². The third kappa shape index (κ3) is 9.98. The Morgan fingerprint density at radius 3 is 1.35 bits per heavy atom.